The van der Waals surface area contributed by atoms with Gasteiger partial charge in [0.1, 0.15) is 0 Å². The maximum absolute atomic E-state index is 10.7. The zero-order valence-corrected chi connectivity index (χ0v) is 5.93. The normalized spacial score (nSPS) is 44.2. The predicted octanol–water partition coefficient (Wildman–Crippen LogP) is 1.52. The summed E-state index contributed by atoms with van der Waals surface area (Å²) >= 11 is 0. The predicted molar refractivity (Wildman–Crippen MR) is 34.7 cm³/mol. The van der Waals surface area contributed by atoms with Crippen molar-refractivity contribution in [1.82, 2.24) is 0 Å². The second-order valence-corrected chi connectivity index (χ2v) is 3.72. The first-order valence-electron chi connectivity index (χ1n) is 3.94. The Bertz CT molecular complexity index is 166. The zero-order chi connectivity index (χ0) is 7.19. The fourth-order valence-electron chi connectivity index (χ4n) is 2.48. The standard InChI is InChI=1S/C8H11O2/c9-7(10)8-3-1-6(5-8)2-4-8/h6H,1-5H2. The summed E-state index contributed by atoms with van der Waals surface area (Å²) < 4.78 is 0. The summed E-state index contributed by atoms with van der Waals surface area (Å²) in [5.41, 5.74) is -0.384. The average Bonchev–Trinajstić information content (AvgIpc) is 2.45. The van der Waals surface area contributed by atoms with Crippen molar-refractivity contribution in [3.63, 3.8) is 0 Å². The first-order chi connectivity index (χ1) is 4.73. The van der Waals surface area contributed by atoms with Crippen LogP contribution in [0.3, 0.4) is 0 Å². The van der Waals surface area contributed by atoms with E-state index in [0.29, 0.717) is 5.92 Å². The Labute approximate surface area is 60.2 Å². The molecule has 0 N–H and O–H groups in total. The minimum atomic E-state index is -0.799. The third-order valence-electron chi connectivity index (χ3n) is 3.17. The molecule has 0 aromatic rings. The fraction of sp³-hybridized carbons (Fsp3) is 0.875. The Morgan fingerprint density at radius 3 is 2.10 bits per heavy atom. The lowest BCUT2D eigenvalue weighted by atomic mass is 9.85. The highest BCUT2D eigenvalue weighted by molar-refractivity contribution is 5.75. The van der Waals surface area contributed by atoms with Gasteiger partial charge in [-0.2, -0.15) is 0 Å². The second kappa shape index (κ2) is 1.74. The maximum atomic E-state index is 10.7. The van der Waals surface area contributed by atoms with Crippen molar-refractivity contribution in [1.29, 1.82) is 0 Å². The molecule has 2 fully saturated rings. The van der Waals surface area contributed by atoms with Crippen LogP contribution < -0.4 is 0 Å². The largest absolute Gasteiger partial charge is 0.361 e. The molecule has 2 aliphatic rings. The van der Waals surface area contributed by atoms with Crippen LogP contribution in [-0.4, -0.2) is 5.97 Å². The monoisotopic (exact) mass is 139 g/mol. The van der Waals surface area contributed by atoms with Gasteiger partial charge in [-0.1, -0.05) is 0 Å². The van der Waals surface area contributed by atoms with E-state index in [1.165, 1.54) is 0 Å². The summed E-state index contributed by atoms with van der Waals surface area (Å²) in [5.74, 6) is -0.0922. The third kappa shape index (κ3) is 0.619. The van der Waals surface area contributed by atoms with Crippen molar-refractivity contribution in [3.8, 4) is 0 Å². The highest BCUT2D eigenvalue weighted by Crippen LogP contribution is 2.54. The van der Waals surface area contributed by atoms with Crippen LogP contribution in [0.1, 0.15) is 32.1 Å². The van der Waals surface area contributed by atoms with Gasteiger partial charge >= 0.3 is 5.97 Å². The van der Waals surface area contributed by atoms with E-state index in [0.717, 1.165) is 32.1 Å². The lowest BCUT2D eigenvalue weighted by molar-refractivity contribution is -0.155. The Kier molecular flexibility index (Phi) is 1.08. The van der Waals surface area contributed by atoms with E-state index in [-0.39, 0.29) is 5.41 Å². The molecular weight excluding hydrogens is 128 g/mol. The van der Waals surface area contributed by atoms with Gasteiger partial charge in [-0.3, -0.25) is 0 Å². The SMILES string of the molecule is [O]C(=O)C12CCC(CC1)C2. The molecule has 0 unspecified atom stereocenters. The summed E-state index contributed by atoms with van der Waals surface area (Å²) in [6.45, 7) is 0. The molecule has 0 spiro atoms. The molecule has 0 amide bonds. The van der Waals surface area contributed by atoms with Gasteiger partial charge in [-0.05, 0) is 38.0 Å². The summed E-state index contributed by atoms with van der Waals surface area (Å²) in [4.78, 5) is 10.7. The van der Waals surface area contributed by atoms with Crippen LogP contribution >= 0.6 is 0 Å². The highest BCUT2D eigenvalue weighted by Gasteiger charge is 2.51. The van der Waals surface area contributed by atoms with E-state index in [2.05, 4.69) is 0 Å². The first-order valence-corrected chi connectivity index (χ1v) is 3.94. The van der Waals surface area contributed by atoms with Gasteiger partial charge in [0.25, 0.3) is 0 Å². The highest BCUT2D eigenvalue weighted by atomic mass is 16.4. The van der Waals surface area contributed by atoms with Gasteiger partial charge in [-0.15, -0.1) is 0 Å². The van der Waals surface area contributed by atoms with E-state index in [1.807, 2.05) is 0 Å². The molecule has 2 nitrogen and oxygen atoms in total. The second-order valence-electron chi connectivity index (χ2n) is 3.72. The molecule has 0 atom stereocenters. The van der Waals surface area contributed by atoms with Gasteiger partial charge in [-0.25, -0.2) is 9.90 Å². The first kappa shape index (κ1) is 6.20. The average molecular weight is 139 g/mol. The molecule has 0 heterocycles. The van der Waals surface area contributed by atoms with Crippen molar-refractivity contribution in [2.24, 2.45) is 11.3 Å². The number of fused-ring (bicyclic) bond motifs is 2. The number of carbonyl (C=O) groups excluding carboxylic acids is 1. The summed E-state index contributed by atoms with van der Waals surface area (Å²) in [6.07, 6.45) is 4.89. The van der Waals surface area contributed by atoms with Crippen LogP contribution in [0, 0.1) is 11.3 Å². The molecule has 2 saturated carbocycles. The molecule has 1 radical (unpaired) electrons. The quantitative estimate of drug-likeness (QED) is 0.542. The minimum absolute atomic E-state index is 0.384. The smallest absolute Gasteiger partial charge is 0.247 e. The topological polar surface area (TPSA) is 37.0 Å². The molecule has 0 aromatic heterocycles. The van der Waals surface area contributed by atoms with Crippen molar-refractivity contribution >= 4 is 5.97 Å². The van der Waals surface area contributed by atoms with Crippen molar-refractivity contribution in [2.75, 3.05) is 0 Å². The van der Waals surface area contributed by atoms with Crippen LogP contribution in [0.15, 0.2) is 0 Å². The lowest BCUT2D eigenvalue weighted by Gasteiger charge is -2.18. The van der Waals surface area contributed by atoms with Crippen LogP contribution in [0.25, 0.3) is 0 Å². The zero-order valence-electron chi connectivity index (χ0n) is 5.93. The van der Waals surface area contributed by atoms with Crippen molar-refractivity contribution < 1.29 is 9.90 Å². The van der Waals surface area contributed by atoms with Crippen molar-refractivity contribution in [2.45, 2.75) is 32.1 Å². The molecule has 10 heavy (non-hydrogen) atoms. The van der Waals surface area contributed by atoms with Gasteiger partial charge in [0.15, 0.2) is 0 Å². The fourth-order valence-corrected chi connectivity index (χ4v) is 2.48. The Balaban J connectivity index is 2.23. The van der Waals surface area contributed by atoms with E-state index in [1.54, 1.807) is 0 Å². The van der Waals surface area contributed by atoms with E-state index in [9.17, 15) is 9.90 Å². The van der Waals surface area contributed by atoms with E-state index < -0.39 is 5.97 Å². The number of rotatable bonds is 1. The van der Waals surface area contributed by atoms with Crippen LogP contribution in [0.5, 0.6) is 0 Å². The molecular formula is C8H11O2. The van der Waals surface area contributed by atoms with Gasteiger partial charge in [0.2, 0.25) is 0 Å². The molecule has 0 aromatic carbocycles. The molecule has 2 heteroatoms. The molecule has 0 aliphatic heterocycles. The summed E-state index contributed by atoms with van der Waals surface area (Å²) in [5, 5.41) is 10.7. The van der Waals surface area contributed by atoms with Crippen LogP contribution in [0.2, 0.25) is 0 Å². The van der Waals surface area contributed by atoms with Crippen molar-refractivity contribution in [3.05, 3.63) is 0 Å². The van der Waals surface area contributed by atoms with Crippen LogP contribution in [0.4, 0.5) is 0 Å². The lowest BCUT2D eigenvalue weighted by Crippen LogP contribution is -2.24. The Morgan fingerprint density at radius 1 is 1.30 bits per heavy atom. The molecule has 2 aliphatic carbocycles. The minimum Gasteiger partial charge on any atom is -0.247 e. The van der Waals surface area contributed by atoms with Gasteiger partial charge in [0.05, 0.1) is 5.41 Å². The molecule has 2 bridgehead atoms. The summed E-state index contributed by atoms with van der Waals surface area (Å²) in [7, 11) is 0. The number of hydrogen-bond acceptors (Lipinski definition) is 1. The molecule has 55 valence electrons. The number of carbonyl (C=O) groups is 1. The maximum Gasteiger partial charge on any atom is 0.361 e. The number of hydrogen-bond donors (Lipinski definition) is 0. The Morgan fingerprint density at radius 2 is 1.90 bits per heavy atom. The van der Waals surface area contributed by atoms with Gasteiger partial charge < -0.3 is 0 Å². The summed E-state index contributed by atoms with van der Waals surface area (Å²) in [6, 6.07) is 0. The van der Waals surface area contributed by atoms with E-state index in [4.69, 9.17) is 0 Å². The van der Waals surface area contributed by atoms with Crippen LogP contribution in [-0.2, 0) is 9.90 Å². The third-order valence-corrected chi connectivity index (χ3v) is 3.17. The molecule has 0 saturated heterocycles. The Hall–Kier alpha value is -0.530. The molecule has 2 rings (SSSR count). The van der Waals surface area contributed by atoms with E-state index >= 15 is 0 Å². The van der Waals surface area contributed by atoms with Gasteiger partial charge in [0, 0.05) is 0 Å².